The van der Waals surface area contributed by atoms with Crippen molar-refractivity contribution in [1.29, 1.82) is 0 Å². The first-order valence-electron chi connectivity index (χ1n) is 8.98. The van der Waals surface area contributed by atoms with E-state index in [4.69, 9.17) is 16.3 Å². The van der Waals surface area contributed by atoms with Crippen molar-refractivity contribution in [3.63, 3.8) is 0 Å². The van der Waals surface area contributed by atoms with E-state index in [1.807, 2.05) is 10.3 Å². The van der Waals surface area contributed by atoms with E-state index in [0.717, 1.165) is 5.56 Å². The second kappa shape index (κ2) is 7.89. The minimum absolute atomic E-state index is 0.0561. The third kappa shape index (κ3) is 4.42. The number of nitro groups is 1. The summed E-state index contributed by atoms with van der Waals surface area (Å²) < 4.78 is 30.2. The van der Waals surface area contributed by atoms with Gasteiger partial charge in [0, 0.05) is 30.1 Å². The van der Waals surface area contributed by atoms with Gasteiger partial charge in [-0.05, 0) is 43.9 Å². The molecular formula is C18H21ClN4O6S. The van der Waals surface area contributed by atoms with Gasteiger partial charge in [0.25, 0.3) is 15.7 Å². The van der Waals surface area contributed by atoms with E-state index in [-0.39, 0.29) is 21.9 Å². The molecule has 1 aliphatic heterocycles. The standard InChI is InChI=1S/C18H21ClN4O6S/c1-18(2,3)29-17(24)21-22-30(27,28)11-4-5-12-13(6-11)15(23(25)26)7-14-16(12)10(8-19)9-20-14/h4-7,10,20,22H,8-9H2,1-3H3,(H,21,24). The lowest BCUT2D eigenvalue weighted by Gasteiger charge is -2.19. The van der Waals surface area contributed by atoms with E-state index < -0.39 is 26.6 Å². The Hall–Kier alpha value is -2.63. The number of alkyl halides is 1. The Labute approximate surface area is 178 Å². The van der Waals surface area contributed by atoms with Crippen LogP contribution in [0.2, 0.25) is 0 Å². The maximum Gasteiger partial charge on any atom is 0.423 e. The summed E-state index contributed by atoms with van der Waals surface area (Å²) in [5, 5.41) is 15.4. The number of benzene rings is 2. The molecule has 1 amide bonds. The summed E-state index contributed by atoms with van der Waals surface area (Å²) in [5.41, 5.74) is 2.34. The first kappa shape index (κ1) is 22.1. The molecule has 3 rings (SSSR count). The fraction of sp³-hybridized carbons (Fsp3) is 0.389. The summed E-state index contributed by atoms with van der Waals surface area (Å²) in [5.74, 6) is 0.258. The van der Waals surface area contributed by atoms with E-state index >= 15 is 0 Å². The van der Waals surface area contributed by atoms with Gasteiger partial charge in [-0.1, -0.05) is 6.07 Å². The minimum atomic E-state index is -4.20. The average molecular weight is 457 g/mol. The Balaban J connectivity index is 2.00. The molecule has 1 heterocycles. The zero-order valence-electron chi connectivity index (χ0n) is 16.5. The number of hydrazine groups is 1. The van der Waals surface area contributed by atoms with Gasteiger partial charge in [-0.3, -0.25) is 10.1 Å². The number of nitrogens with zero attached hydrogens (tertiary/aromatic N) is 1. The summed E-state index contributed by atoms with van der Waals surface area (Å²) in [6.45, 7) is 5.43. The van der Waals surface area contributed by atoms with Crippen molar-refractivity contribution in [2.24, 2.45) is 0 Å². The number of sulfonamides is 1. The predicted octanol–water partition coefficient (Wildman–Crippen LogP) is 3.21. The van der Waals surface area contributed by atoms with Crippen LogP contribution in [0.25, 0.3) is 10.8 Å². The zero-order valence-corrected chi connectivity index (χ0v) is 18.1. The Morgan fingerprint density at radius 1 is 1.33 bits per heavy atom. The van der Waals surface area contributed by atoms with Gasteiger partial charge in [0.05, 0.1) is 15.2 Å². The molecule has 0 aliphatic carbocycles. The maximum atomic E-state index is 12.6. The van der Waals surface area contributed by atoms with Gasteiger partial charge in [-0.15, -0.1) is 16.4 Å². The topological polar surface area (TPSA) is 140 Å². The molecule has 1 aliphatic rings. The molecule has 2 aromatic carbocycles. The van der Waals surface area contributed by atoms with E-state index in [9.17, 15) is 23.3 Å². The molecule has 0 radical (unpaired) electrons. The van der Waals surface area contributed by atoms with Crippen molar-refractivity contribution in [2.45, 2.75) is 37.2 Å². The summed E-state index contributed by atoms with van der Waals surface area (Å²) in [4.78, 5) is 24.4. The number of anilines is 1. The Kier molecular flexibility index (Phi) is 5.81. The van der Waals surface area contributed by atoms with Crippen LogP contribution in [0.15, 0.2) is 29.2 Å². The predicted molar refractivity (Wildman–Crippen MR) is 112 cm³/mol. The number of fused-ring (bicyclic) bond motifs is 3. The molecule has 0 aromatic heterocycles. The third-order valence-electron chi connectivity index (χ3n) is 4.46. The van der Waals surface area contributed by atoms with Crippen molar-refractivity contribution in [1.82, 2.24) is 10.3 Å². The Bertz CT molecular complexity index is 1130. The summed E-state index contributed by atoms with van der Waals surface area (Å²) in [6.07, 6.45) is -0.980. The second-order valence-corrected chi connectivity index (χ2v) is 9.78. The number of rotatable bonds is 5. The number of amides is 1. The lowest BCUT2D eigenvalue weighted by molar-refractivity contribution is -0.383. The van der Waals surface area contributed by atoms with Gasteiger partial charge in [0.15, 0.2) is 0 Å². The summed E-state index contributed by atoms with van der Waals surface area (Å²) >= 11 is 6.03. The molecule has 0 saturated carbocycles. The van der Waals surface area contributed by atoms with E-state index in [0.29, 0.717) is 23.5 Å². The molecular weight excluding hydrogens is 436 g/mol. The van der Waals surface area contributed by atoms with Crippen molar-refractivity contribution < 1.29 is 22.9 Å². The molecule has 30 heavy (non-hydrogen) atoms. The number of hydrogen-bond acceptors (Lipinski definition) is 7. The van der Waals surface area contributed by atoms with Crippen LogP contribution in [-0.4, -0.2) is 37.5 Å². The van der Waals surface area contributed by atoms with Crippen molar-refractivity contribution in [3.05, 3.63) is 39.9 Å². The largest absolute Gasteiger partial charge is 0.443 e. The quantitative estimate of drug-likeness (QED) is 0.356. The average Bonchev–Trinajstić information content (AvgIpc) is 3.07. The number of carbonyl (C=O) groups excluding carboxylic acids is 1. The van der Waals surface area contributed by atoms with Crippen LogP contribution >= 0.6 is 11.6 Å². The van der Waals surface area contributed by atoms with Crippen LogP contribution in [0.4, 0.5) is 16.2 Å². The highest BCUT2D eigenvalue weighted by atomic mass is 35.5. The molecule has 2 aromatic rings. The zero-order chi connectivity index (χ0) is 22.3. The number of nitro benzene ring substituents is 1. The lowest BCUT2D eigenvalue weighted by atomic mass is 9.95. The van der Waals surface area contributed by atoms with Crippen molar-refractivity contribution in [2.75, 3.05) is 17.7 Å². The first-order chi connectivity index (χ1) is 13.9. The maximum absolute atomic E-state index is 12.6. The molecule has 0 bridgehead atoms. The number of carbonyl (C=O) groups is 1. The molecule has 12 heteroatoms. The molecule has 162 valence electrons. The smallest absolute Gasteiger partial charge is 0.423 e. The Morgan fingerprint density at radius 3 is 2.63 bits per heavy atom. The van der Waals surface area contributed by atoms with Crippen LogP contribution in [-0.2, 0) is 14.8 Å². The van der Waals surface area contributed by atoms with Crippen LogP contribution < -0.4 is 15.6 Å². The fourth-order valence-corrected chi connectivity index (χ4v) is 4.37. The SMILES string of the molecule is CC(C)(C)OC(=O)NNS(=O)(=O)c1ccc2c3c(cc([N+](=O)[O-])c2c1)NCC3CCl. The van der Waals surface area contributed by atoms with E-state index in [1.54, 1.807) is 20.8 Å². The number of nitrogens with one attached hydrogen (secondary N) is 3. The monoisotopic (exact) mass is 456 g/mol. The van der Waals surface area contributed by atoms with Crippen LogP contribution in [0.5, 0.6) is 0 Å². The van der Waals surface area contributed by atoms with Crippen LogP contribution in [0.1, 0.15) is 32.3 Å². The molecule has 10 nitrogen and oxygen atoms in total. The Morgan fingerprint density at radius 2 is 2.03 bits per heavy atom. The van der Waals surface area contributed by atoms with Gasteiger partial charge in [0.2, 0.25) is 0 Å². The number of hydrogen-bond donors (Lipinski definition) is 3. The second-order valence-electron chi connectivity index (χ2n) is 7.79. The molecule has 0 fully saturated rings. The molecule has 1 unspecified atom stereocenters. The van der Waals surface area contributed by atoms with Crippen LogP contribution in [0, 0.1) is 10.1 Å². The normalized spacial score (nSPS) is 16.1. The van der Waals surface area contributed by atoms with Gasteiger partial charge in [-0.25, -0.2) is 18.6 Å². The van der Waals surface area contributed by atoms with E-state index in [2.05, 4.69) is 5.32 Å². The highest BCUT2D eigenvalue weighted by Gasteiger charge is 2.29. The van der Waals surface area contributed by atoms with E-state index in [1.165, 1.54) is 24.3 Å². The lowest BCUT2D eigenvalue weighted by Crippen LogP contribution is -2.44. The van der Waals surface area contributed by atoms with Gasteiger partial charge >= 0.3 is 6.09 Å². The molecule has 1 atom stereocenters. The van der Waals surface area contributed by atoms with Gasteiger partial charge in [-0.2, -0.15) is 0 Å². The number of halogens is 1. The van der Waals surface area contributed by atoms with Gasteiger partial charge < -0.3 is 10.1 Å². The minimum Gasteiger partial charge on any atom is -0.443 e. The highest BCUT2D eigenvalue weighted by molar-refractivity contribution is 7.89. The highest BCUT2D eigenvalue weighted by Crippen LogP contribution is 2.42. The van der Waals surface area contributed by atoms with Gasteiger partial charge in [0.1, 0.15) is 5.60 Å². The number of ether oxygens (including phenoxy) is 1. The number of non-ortho nitro benzene ring substituents is 1. The first-order valence-corrected chi connectivity index (χ1v) is 11.0. The van der Waals surface area contributed by atoms with Crippen molar-refractivity contribution in [3.8, 4) is 0 Å². The van der Waals surface area contributed by atoms with Crippen molar-refractivity contribution >= 4 is 49.9 Å². The summed E-state index contributed by atoms with van der Waals surface area (Å²) in [6, 6.07) is 5.41. The third-order valence-corrected chi connectivity index (χ3v) is 6.07. The molecule has 3 N–H and O–H groups in total. The fourth-order valence-electron chi connectivity index (χ4n) is 3.25. The molecule has 0 saturated heterocycles. The summed E-state index contributed by atoms with van der Waals surface area (Å²) in [7, 11) is -4.20. The molecule has 0 spiro atoms. The van der Waals surface area contributed by atoms with Crippen LogP contribution in [0.3, 0.4) is 0 Å².